The lowest BCUT2D eigenvalue weighted by Crippen LogP contribution is -2.40. The molecular formula is C18H29N3OS. The summed E-state index contributed by atoms with van der Waals surface area (Å²) in [5, 5.41) is 3.35. The third-order valence-corrected chi connectivity index (χ3v) is 4.63. The third-order valence-electron chi connectivity index (χ3n) is 3.89. The molecule has 0 bridgehead atoms. The molecule has 0 spiro atoms. The number of nitrogens with zero attached hydrogens (tertiary/aromatic N) is 2. The van der Waals surface area contributed by atoms with Crippen molar-refractivity contribution in [2.24, 2.45) is 10.9 Å². The Hall–Kier alpha value is -1.20. The summed E-state index contributed by atoms with van der Waals surface area (Å²) in [4.78, 5) is 8.17. The van der Waals surface area contributed by atoms with E-state index in [1.165, 1.54) is 23.3 Å². The smallest absolute Gasteiger partial charge is 0.194 e. The number of likely N-dealkylation sites (N-methyl/N-ethyl adjacent to an activating group) is 1. The van der Waals surface area contributed by atoms with Gasteiger partial charge in [-0.1, -0.05) is 12.1 Å². The highest BCUT2D eigenvalue weighted by Gasteiger charge is 2.21. The first-order chi connectivity index (χ1) is 11.2. The first-order valence-corrected chi connectivity index (χ1v) is 9.65. The van der Waals surface area contributed by atoms with Crippen molar-refractivity contribution in [3.05, 3.63) is 29.8 Å². The molecule has 1 N–H and O–H groups in total. The number of benzene rings is 1. The second-order valence-electron chi connectivity index (χ2n) is 5.96. The largest absolute Gasteiger partial charge is 0.379 e. The van der Waals surface area contributed by atoms with Gasteiger partial charge in [-0.15, -0.1) is 11.8 Å². The normalized spacial score (nSPS) is 14.8. The van der Waals surface area contributed by atoms with Crippen LogP contribution in [0.1, 0.15) is 25.3 Å². The number of ether oxygens (including phenoxy) is 1. The average Bonchev–Trinajstić information content (AvgIpc) is 3.40. The van der Waals surface area contributed by atoms with Gasteiger partial charge >= 0.3 is 0 Å². The summed E-state index contributed by atoms with van der Waals surface area (Å²) in [6.45, 7) is 6.22. The van der Waals surface area contributed by atoms with Crippen LogP contribution in [-0.2, 0) is 11.3 Å². The highest BCUT2D eigenvalue weighted by molar-refractivity contribution is 7.98. The summed E-state index contributed by atoms with van der Waals surface area (Å²) in [7, 11) is 2.07. The molecule has 0 heterocycles. The lowest BCUT2D eigenvalue weighted by Gasteiger charge is -2.22. The SMILES string of the molecule is CCNC(=NCc1ccc(SC)cc1)N(C)CCOCC1CC1. The van der Waals surface area contributed by atoms with Crippen LogP contribution in [0.25, 0.3) is 0 Å². The molecule has 0 aliphatic heterocycles. The molecule has 0 unspecified atom stereocenters. The molecule has 1 saturated carbocycles. The van der Waals surface area contributed by atoms with Crippen LogP contribution in [-0.4, -0.2) is 50.5 Å². The van der Waals surface area contributed by atoms with Crippen molar-refractivity contribution >= 4 is 17.7 Å². The highest BCUT2D eigenvalue weighted by atomic mass is 32.2. The maximum absolute atomic E-state index is 5.72. The molecule has 0 radical (unpaired) electrons. The molecule has 0 atom stereocenters. The van der Waals surface area contributed by atoms with Gasteiger partial charge in [0.1, 0.15) is 0 Å². The first-order valence-electron chi connectivity index (χ1n) is 8.43. The van der Waals surface area contributed by atoms with Gasteiger partial charge < -0.3 is 15.0 Å². The molecule has 128 valence electrons. The van der Waals surface area contributed by atoms with Crippen LogP contribution in [0.15, 0.2) is 34.2 Å². The Bertz CT molecular complexity index is 486. The van der Waals surface area contributed by atoms with E-state index in [0.717, 1.165) is 38.2 Å². The Labute approximate surface area is 144 Å². The number of thioether (sulfide) groups is 1. The summed E-state index contributed by atoms with van der Waals surface area (Å²) in [5.74, 6) is 1.77. The van der Waals surface area contributed by atoms with Gasteiger partial charge in [-0.05, 0) is 49.6 Å². The van der Waals surface area contributed by atoms with Crippen LogP contribution in [0, 0.1) is 5.92 Å². The second-order valence-corrected chi connectivity index (χ2v) is 6.84. The molecule has 1 aromatic rings. The average molecular weight is 336 g/mol. The molecule has 1 aliphatic carbocycles. The predicted octanol–water partition coefficient (Wildman–Crippen LogP) is 3.23. The van der Waals surface area contributed by atoms with Crippen molar-refractivity contribution < 1.29 is 4.74 Å². The van der Waals surface area contributed by atoms with Gasteiger partial charge in [0.25, 0.3) is 0 Å². The topological polar surface area (TPSA) is 36.9 Å². The van der Waals surface area contributed by atoms with Crippen LogP contribution in [0.2, 0.25) is 0 Å². The Morgan fingerprint density at radius 2 is 2.09 bits per heavy atom. The van der Waals surface area contributed by atoms with Gasteiger partial charge in [0.05, 0.1) is 13.2 Å². The van der Waals surface area contributed by atoms with E-state index < -0.39 is 0 Å². The third kappa shape index (κ3) is 6.83. The maximum atomic E-state index is 5.72. The van der Waals surface area contributed by atoms with E-state index in [4.69, 9.17) is 9.73 Å². The quantitative estimate of drug-likeness (QED) is 0.325. The predicted molar refractivity (Wildman–Crippen MR) is 99.2 cm³/mol. The summed E-state index contributed by atoms with van der Waals surface area (Å²) in [6.07, 6.45) is 4.78. The number of aliphatic imine (C=N–C) groups is 1. The number of rotatable bonds is 9. The molecule has 1 fully saturated rings. The monoisotopic (exact) mass is 335 g/mol. The van der Waals surface area contributed by atoms with Crippen molar-refractivity contribution in [2.45, 2.75) is 31.2 Å². The minimum absolute atomic E-state index is 0.699. The van der Waals surface area contributed by atoms with Gasteiger partial charge in [0.15, 0.2) is 5.96 Å². The van der Waals surface area contributed by atoms with Crippen molar-refractivity contribution in [1.29, 1.82) is 0 Å². The van der Waals surface area contributed by atoms with Crippen molar-refractivity contribution in [3.63, 3.8) is 0 Å². The van der Waals surface area contributed by atoms with E-state index in [2.05, 4.69) is 54.7 Å². The van der Waals surface area contributed by atoms with Gasteiger partial charge in [-0.2, -0.15) is 0 Å². The standard InChI is InChI=1S/C18H29N3OS/c1-4-19-18(21(2)11-12-22-14-16-5-6-16)20-13-15-7-9-17(23-3)10-8-15/h7-10,16H,4-6,11-14H2,1-3H3,(H,19,20). The van der Waals surface area contributed by atoms with Crippen LogP contribution >= 0.6 is 11.8 Å². The number of guanidine groups is 1. The van der Waals surface area contributed by atoms with Crippen LogP contribution in [0.5, 0.6) is 0 Å². The van der Waals surface area contributed by atoms with Gasteiger partial charge in [0, 0.05) is 31.6 Å². The minimum Gasteiger partial charge on any atom is -0.379 e. The first kappa shape index (κ1) is 18.1. The lowest BCUT2D eigenvalue weighted by molar-refractivity contribution is 0.115. The Balaban J connectivity index is 1.81. The summed E-state index contributed by atoms with van der Waals surface area (Å²) in [6, 6.07) is 8.60. The Morgan fingerprint density at radius 3 is 2.70 bits per heavy atom. The van der Waals surface area contributed by atoms with Gasteiger partial charge in [-0.25, -0.2) is 4.99 Å². The fourth-order valence-electron chi connectivity index (χ4n) is 2.21. The molecule has 2 rings (SSSR count). The molecule has 0 saturated heterocycles. The molecule has 5 heteroatoms. The van der Waals surface area contributed by atoms with E-state index in [9.17, 15) is 0 Å². The fraction of sp³-hybridized carbons (Fsp3) is 0.611. The van der Waals surface area contributed by atoms with Gasteiger partial charge in [-0.3, -0.25) is 0 Å². The highest BCUT2D eigenvalue weighted by Crippen LogP contribution is 2.28. The molecule has 1 aliphatic rings. The maximum Gasteiger partial charge on any atom is 0.194 e. The fourth-order valence-corrected chi connectivity index (χ4v) is 2.62. The van der Waals surface area contributed by atoms with Crippen molar-refractivity contribution in [2.75, 3.05) is 39.6 Å². The summed E-state index contributed by atoms with van der Waals surface area (Å²) < 4.78 is 5.72. The van der Waals surface area contributed by atoms with E-state index in [1.807, 2.05) is 0 Å². The van der Waals surface area contributed by atoms with E-state index in [0.29, 0.717) is 6.54 Å². The van der Waals surface area contributed by atoms with Crippen LogP contribution in [0.4, 0.5) is 0 Å². The van der Waals surface area contributed by atoms with E-state index in [-0.39, 0.29) is 0 Å². The number of nitrogens with one attached hydrogen (secondary N) is 1. The zero-order valence-corrected chi connectivity index (χ0v) is 15.4. The summed E-state index contributed by atoms with van der Waals surface area (Å²) >= 11 is 1.76. The van der Waals surface area contributed by atoms with Gasteiger partial charge in [0.2, 0.25) is 0 Å². The Kier molecular flexibility index (Phi) is 7.76. The summed E-state index contributed by atoms with van der Waals surface area (Å²) in [5.41, 5.74) is 1.23. The zero-order valence-electron chi connectivity index (χ0n) is 14.5. The van der Waals surface area contributed by atoms with Crippen LogP contribution in [0.3, 0.4) is 0 Å². The molecule has 0 amide bonds. The molecule has 0 aromatic heterocycles. The number of hydrogen-bond acceptors (Lipinski definition) is 3. The second kappa shape index (κ2) is 9.83. The lowest BCUT2D eigenvalue weighted by atomic mass is 10.2. The number of hydrogen-bond donors (Lipinski definition) is 1. The van der Waals surface area contributed by atoms with E-state index >= 15 is 0 Å². The zero-order chi connectivity index (χ0) is 16.5. The molecule has 4 nitrogen and oxygen atoms in total. The van der Waals surface area contributed by atoms with Crippen molar-refractivity contribution in [1.82, 2.24) is 10.2 Å². The molecule has 1 aromatic carbocycles. The van der Waals surface area contributed by atoms with Crippen LogP contribution < -0.4 is 5.32 Å². The molecule has 23 heavy (non-hydrogen) atoms. The minimum atomic E-state index is 0.699. The molecular weight excluding hydrogens is 306 g/mol. The Morgan fingerprint density at radius 1 is 1.35 bits per heavy atom. The van der Waals surface area contributed by atoms with Crippen molar-refractivity contribution in [3.8, 4) is 0 Å². The van der Waals surface area contributed by atoms with E-state index in [1.54, 1.807) is 11.8 Å².